The second-order valence-corrected chi connectivity index (χ2v) is 10.1. The van der Waals surface area contributed by atoms with Crippen LogP contribution in [0, 0.1) is 23.1 Å². The predicted molar refractivity (Wildman–Crippen MR) is 113 cm³/mol. The maximum absolute atomic E-state index is 13.8. The summed E-state index contributed by atoms with van der Waals surface area (Å²) in [6.45, 7) is 1.57. The first-order chi connectivity index (χ1) is 14.8. The van der Waals surface area contributed by atoms with Crippen molar-refractivity contribution < 1.29 is 14.0 Å². The molecule has 164 valence electrons. The molecule has 2 aromatic rings. The zero-order valence-electron chi connectivity index (χ0n) is 18.0. The number of aryl methyl sites for hydroxylation is 1. The number of aromatic nitrogens is 2. The first-order valence-corrected chi connectivity index (χ1v) is 11.1. The summed E-state index contributed by atoms with van der Waals surface area (Å²) in [6, 6.07) is 5.76. The van der Waals surface area contributed by atoms with Crippen molar-refractivity contribution in [3.63, 3.8) is 0 Å². The van der Waals surface area contributed by atoms with E-state index in [4.69, 9.17) is 0 Å². The molecule has 0 saturated heterocycles. The fourth-order valence-electron chi connectivity index (χ4n) is 6.94. The van der Waals surface area contributed by atoms with Gasteiger partial charge in [0.2, 0.25) is 11.8 Å². The first-order valence-electron chi connectivity index (χ1n) is 11.1. The fourth-order valence-corrected chi connectivity index (χ4v) is 6.94. The number of hydrogen-bond donors (Lipinski definition) is 2. The lowest BCUT2D eigenvalue weighted by molar-refractivity contribution is -0.153. The molecule has 6 nitrogen and oxygen atoms in total. The lowest BCUT2D eigenvalue weighted by atomic mass is 9.46. The van der Waals surface area contributed by atoms with Gasteiger partial charge in [0.25, 0.3) is 0 Å². The summed E-state index contributed by atoms with van der Waals surface area (Å²) < 4.78 is 15.4. The molecule has 1 aromatic heterocycles. The van der Waals surface area contributed by atoms with Crippen molar-refractivity contribution in [1.82, 2.24) is 20.2 Å². The van der Waals surface area contributed by atoms with E-state index in [0.717, 1.165) is 37.7 Å². The van der Waals surface area contributed by atoms with Crippen LogP contribution in [-0.2, 0) is 16.6 Å². The van der Waals surface area contributed by atoms with Crippen LogP contribution >= 0.6 is 0 Å². The highest BCUT2D eigenvalue weighted by molar-refractivity contribution is 5.84. The van der Waals surface area contributed by atoms with Gasteiger partial charge in [-0.3, -0.25) is 9.59 Å². The van der Waals surface area contributed by atoms with Crippen LogP contribution in [-0.4, -0.2) is 26.9 Å². The smallest absolute Gasteiger partial charge is 0.227 e. The van der Waals surface area contributed by atoms with Gasteiger partial charge in [0, 0.05) is 31.9 Å². The van der Waals surface area contributed by atoms with Crippen molar-refractivity contribution in [3.05, 3.63) is 53.9 Å². The van der Waals surface area contributed by atoms with E-state index in [1.165, 1.54) is 12.1 Å². The van der Waals surface area contributed by atoms with Crippen molar-refractivity contribution in [2.24, 2.45) is 24.3 Å². The third kappa shape index (κ3) is 3.54. The largest absolute Gasteiger partial charge is 0.351 e. The molecule has 5 atom stereocenters. The van der Waals surface area contributed by atoms with Gasteiger partial charge in [0.15, 0.2) is 0 Å². The van der Waals surface area contributed by atoms with Gasteiger partial charge >= 0.3 is 0 Å². The molecule has 4 aliphatic rings. The van der Waals surface area contributed by atoms with Crippen LogP contribution in [0.1, 0.15) is 62.9 Å². The van der Waals surface area contributed by atoms with Crippen LogP contribution in [0.2, 0.25) is 0 Å². The number of carbonyl (C=O) groups is 2. The van der Waals surface area contributed by atoms with Crippen LogP contribution in [0.25, 0.3) is 0 Å². The van der Waals surface area contributed by atoms with Crippen molar-refractivity contribution in [1.29, 1.82) is 0 Å². The second-order valence-electron chi connectivity index (χ2n) is 10.1. The van der Waals surface area contributed by atoms with E-state index in [0.29, 0.717) is 24.1 Å². The van der Waals surface area contributed by atoms with Gasteiger partial charge in [-0.1, -0.05) is 12.1 Å². The van der Waals surface area contributed by atoms with Crippen LogP contribution < -0.4 is 10.6 Å². The van der Waals surface area contributed by atoms with Gasteiger partial charge in [-0.15, -0.1) is 0 Å². The standard InChI is InChI=1S/C24H29FN4O2/c1-15(30)28-24-12-16-9-17(13-24)11-23(10-16,14-24)22(31)27-20(21-26-7-8-29(21)2)18-3-5-19(25)6-4-18/h3-8,16-17,20H,9-14H2,1-2H3,(H,27,31)(H,28,30)/t16-,17+,20-,23?,24?/m1/s1. The molecular formula is C24H29FN4O2. The van der Waals surface area contributed by atoms with Gasteiger partial charge in [0.05, 0.1) is 5.41 Å². The quantitative estimate of drug-likeness (QED) is 0.774. The molecule has 1 heterocycles. The molecule has 4 bridgehead atoms. The van der Waals surface area contributed by atoms with E-state index in [1.807, 2.05) is 17.8 Å². The summed E-state index contributed by atoms with van der Waals surface area (Å²) in [6.07, 6.45) is 9.06. The van der Waals surface area contributed by atoms with E-state index in [1.54, 1.807) is 25.3 Å². The number of nitrogens with one attached hydrogen (secondary N) is 2. The zero-order chi connectivity index (χ0) is 21.8. The van der Waals surface area contributed by atoms with Crippen LogP contribution in [0.5, 0.6) is 0 Å². The number of carbonyl (C=O) groups excluding carboxylic acids is 2. The Morgan fingerprint density at radius 1 is 1.16 bits per heavy atom. The number of hydrogen-bond acceptors (Lipinski definition) is 3. The summed E-state index contributed by atoms with van der Waals surface area (Å²) in [5.74, 6) is 1.34. The molecule has 1 aromatic carbocycles. The van der Waals surface area contributed by atoms with Crippen LogP contribution in [0.3, 0.4) is 0 Å². The number of rotatable bonds is 5. The maximum Gasteiger partial charge on any atom is 0.227 e. The van der Waals surface area contributed by atoms with Gasteiger partial charge in [-0.05, 0) is 68.1 Å². The zero-order valence-corrected chi connectivity index (χ0v) is 18.0. The minimum Gasteiger partial charge on any atom is -0.351 e. The van der Waals surface area contributed by atoms with Gasteiger partial charge < -0.3 is 15.2 Å². The lowest BCUT2D eigenvalue weighted by Gasteiger charge is -2.61. The number of halogens is 1. The molecule has 2 unspecified atom stereocenters. The molecule has 2 N–H and O–H groups in total. The molecular weight excluding hydrogens is 395 g/mol. The van der Waals surface area contributed by atoms with Crippen molar-refractivity contribution in [3.8, 4) is 0 Å². The molecule has 2 amide bonds. The summed E-state index contributed by atoms with van der Waals surface area (Å²) >= 11 is 0. The van der Waals surface area contributed by atoms with Crippen molar-refractivity contribution in [2.45, 2.75) is 57.0 Å². The molecule has 0 aliphatic heterocycles. The molecule has 0 spiro atoms. The minimum absolute atomic E-state index is 0.0188. The Morgan fingerprint density at radius 2 is 1.84 bits per heavy atom. The molecule has 4 fully saturated rings. The number of nitrogens with zero attached hydrogens (tertiary/aromatic N) is 2. The summed E-state index contributed by atoms with van der Waals surface area (Å²) in [5, 5.41) is 6.48. The number of amides is 2. The van der Waals surface area contributed by atoms with Gasteiger partial charge in [0.1, 0.15) is 17.7 Å². The highest BCUT2D eigenvalue weighted by atomic mass is 19.1. The Hall–Kier alpha value is -2.70. The van der Waals surface area contributed by atoms with E-state index in [2.05, 4.69) is 15.6 Å². The van der Waals surface area contributed by atoms with Crippen LogP contribution in [0.15, 0.2) is 36.7 Å². The molecule has 6 rings (SSSR count). The first kappa shape index (κ1) is 20.2. The molecule has 0 radical (unpaired) electrons. The molecule has 4 aliphatic carbocycles. The van der Waals surface area contributed by atoms with Gasteiger partial charge in [-0.25, -0.2) is 9.37 Å². The van der Waals surface area contributed by atoms with Crippen molar-refractivity contribution >= 4 is 11.8 Å². The van der Waals surface area contributed by atoms with E-state index >= 15 is 0 Å². The predicted octanol–water partition coefficient (Wildman–Crippen LogP) is 3.24. The highest BCUT2D eigenvalue weighted by Gasteiger charge is 2.61. The Bertz CT molecular complexity index is 1000. The lowest BCUT2D eigenvalue weighted by Crippen LogP contribution is -2.65. The third-order valence-electron chi connectivity index (χ3n) is 7.58. The molecule has 4 saturated carbocycles. The average Bonchev–Trinajstić information content (AvgIpc) is 3.10. The van der Waals surface area contributed by atoms with Crippen LogP contribution in [0.4, 0.5) is 4.39 Å². The number of benzene rings is 1. The second kappa shape index (κ2) is 7.18. The van der Waals surface area contributed by atoms with Crippen molar-refractivity contribution in [2.75, 3.05) is 0 Å². The Morgan fingerprint density at radius 3 is 2.42 bits per heavy atom. The minimum atomic E-state index is -0.476. The van der Waals surface area contributed by atoms with E-state index in [-0.39, 0.29) is 23.2 Å². The molecule has 31 heavy (non-hydrogen) atoms. The van der Waals surface area contributed by atoms with Gasteiger partial charge in [-0.2, -0.15) is 0 Å². The summed E-state index contributed by atoms with van der Waals surface area (Å²) in [4.78, 5) is 30.2. The summed E-state index contributed by atoms with van der Waals surface area (Å²) in [5.41, 5.74) is 0.0584. The highest BCUT2D eigenvalue weighted by Crippen LogP contribution is 2.61. The Labute approximate surface area is 181 Å². The monoisotopic (exact) mass is 424 g/mol. The Balaban J connectivity index is 1.46. The normalized spacial score (nSPS) is 32.0. The number of imidazole rings is 1. The molecule has 7 heteroatoms. The maximum atomic E-state index is 13.8. The van der Waals surface area contributed by atoms with E-state index < -0.39 is 11.5 Å². The topological polar surface area (TPSA) is 76.0 Å². The average molecular weight is 425 g/mol. The Kier molecular flexibility index (Phi) is 4.68. The third-order valence-corrected chi connectivity index (χ3v) is 7.58. The SMILES string of the molecule is CC(=O)NC12C[C@H]3C[C@@H](C1)CC(C(=O)N[C@H](c1ccc(F)cc1)c1nccn1C)(C3)C2. The summed E-state index contributed by atoms with van der Waals surface area (Å²) in [7, 11) is 1.89. The van der Waals surface area contributed by atoms with E-state index in [9.17, 15) is 14.0 Å². The fraction of sp³-hybridized carbons (Fsp3) is 0.542.